The van der Waals surface area contributed by atoms with E-state index in [2.05, 4.69) is 46.8 Å². The Hall–Kier alpha value is -2.60. The lowest BCUT2D eigenvalue weighted by Gasteiger charge is -2.21. The van der Waals surface area contributed by atoms with Crippen LogP contribution in [0.25, 0.3) is 0 Å². The topological polar surface area (TPSA) is 54.9 Å². The van der Waals surface area contributed by atoms with E-state index < -0.39 is 0 Å². The van der Waals surface area contributed by atoms with Gasteiger partial charge in [-0.15, -0.1) is 0 Å². The molecule has 0 saturated carbocycles. The summed E-state index contributed by atoms with van der Waals surface area (Å²) >= 11 is 0. The van der Waals surface area contributed by atoms with Crippen LogP contribution in [0.15, 0.2) is 41.4 Å². The fourth-order valence-corrected chi connectivity index (χ4v) is 2.96. The molecule has 2 N–H and O–H groups in total. The quantitative estimate of drug-likeness (QED) is 0.604. The van der Waals surface area contributed by atoms with Crippen molar-refractivity contribution in [3.63, 3.8) is 0 Å². The highest BCUT2D eigenvalue weighted by atomic mass is 19.1. The first-order valence-electron chi connectivity index (χ1n) is 9.25. The second-order valence-corrected chi connectivity index (χ2v) is 6.52. The zero-order valence-electron chi connectivity index (χ0n) is 15.8. The van der Waals surface area contributed by atoms with Gasteiger partial charge >= 0.3 is 0 Å². The zero-order chi connectivity index (χ0) is 19.1. The number of nitrogens with zero attached hydrogens (tertiary/aromatic N) is 1. The minimum absolute atomic E-state index is 0.208. The Morgan fingerprint density at radius 3 is 2.78 bits per heavy atom. The molecule has 0 saturated heterocycles. The van der Waals surface area contributed by atoms with E-state index in [0.717, 1.165) is 34.9 Å². The highest BCUT2D eigenvalue weighted by Gasteiger charge is 2.16. The number of hydrogen-bond acceptors (Lipinski definition) is 3. The van der Waals surface area contributed by atoms with Crippen molar-refractivity contribution >= 4 is 5.96 Å². The van der Waals surface area contributed by atoms with Crippen molar-refractivity contribution < 1.29 is 13.9 Å². The average Bonchev–Trinajstić information content (AvgIpc) is 2.67. The Morgan fingerprint density at radius 1 is 1.19 bits per heavy atom. The second kappa shape index (κ2) is 9.37. The van der Waals surface area contributed by atoms with Gasteiger partial charge in [-0.2, -0.15) is 0 Å². The summed E-state index contributed by atoms with van der Waals surface area (Å²) in [6.45, 7) is 6.69. The van der Waals surface area contributed by atoms with Gasteiger partial charge in [0.05, 0.1) is 13.2 Å². The van der Waals surface area contributed by atoms with Crippen LogP contribution < -0.4 is 15.4 Å². The van der Waals surface area contributed by atoms with Gasteiger partial charge in [0.1, 0.15) is 11.6 Å². The molecule has 0 spiro atoms. The van der Waals surface area contributed by atoms with Crippen LogP contribution in [-0.2, 0) is 24.3 Å². The maximum absolute atomic E-state index is 13.8. The van der Waals surface area contributed by atoms with Crippen molar-refractivity contribution in [3.8, 4) is 5.75 Å². The van der Waals surface area contributed by atoms with Gasteiger partial charge in [0, 0.05) is 18.7 Å². The van der Waals surface area contributed by atoms with Crippen LogP contribution in [-0.4, -0.2) is 25.8 Å². The van der Waals surface area contributed by atoms with Gasteiger partial charge in [-0.05, 0) is 43.5 Å². The van der Waals surface area contributed by atoms with E-state index in [9.17, 15) is 4.39 Å². The van der Waals surface area contributed by atoms with Crippen molar-refractivity contribution in [2.75, 3.05) is 19.9 Å². The Balaban J connectivity index is 1.60. The molecule has 1 aliphatic heterocycles. The minimum atomic E-state index is -0.266. The first kappa shape index (κ1) is 19.2. The van der Waals surface area contributed by atoms with E-state index in [1.807, 2.05) is 6.92 Å². The summed E-state index contributed by atoms with van der Waals surface area (Å²) < 4.78 is 24.6. The second-order valence-electron chi connectivity index (χ2n) is 6.52. The summed E-state index contributed by atoms with van der Waals surface area (Å²) in [7, 11) is 0. The van der Waals surface area contributed by atoms with E-state index in [1.54, 1.807) is 0 Å². The molecule has 0 bridgehead atoms. The summed E-state index contributed by atoms with van der Waals surface area (Å²) in [4.78, 5) is 4.62. The Kier molecular flexibility index (Phi) is 6.65. The lowest BCUT2D eigenvalue weighted by atomic mass is 10.1. The summed E-state index contributed by atoms with van der Waals surface area (Å²) in [5.74, 6) is 1.22. The monoisotopic (exact) mass is 371 g/mol. The van der Waals surface area contributed by atoms with E-state index in [0.29, 0.717) is 26.1 Å². The molecule has 0 atom stereocenters. The predicted octanol–water partition coefficient (Wildman–Crippen LogP) is 3.30. The molecule has 0 unspecified atom stereocenters. The Morgan fingerprint density at radius 2 is 2.00 bits per heavy atom. The third kappa shape index (κ3) is 5.44. The first-order chi connectivity index (χ1) is 13.2. The molecule has 2 aromatic rings. The van der Waals surface area contributed by atoms with E-state index in [1.165, 1.54) is 17.7 Å². The molecule has 144 valence electrons. The molecular formula is C21H26FN3O2. The standard InChI is InChI=1S/C21H26FN3O2/c1-3-23-21(25-12-16-6-4-15(2)5-7-16)24-9-8-17-10-19(22)11-18-13-26-14-27-20(17)18/h4-7,10-11H,3,8-9,12-14H2,1-2H3,(H2,23,24,25). The van der Waals surface area contributed by atoms with Gasteiger partial charge in [0.15, 0.2) is 12.8 Å². The fraction of sp³-hybridized carbons (Fsp3) is 0.381. The van der Waals surface area contributed by atoms with Crippen molar-refractivity contribution in [1.29, 1.82) is 0 Å². The molecule has 1 aliphatic rings. The predicted molar refractivity (Wildman–Crippen MR) is 104 cm³/mol. The largest absolute Gasteiger partial charge is 0.467 e. The van der Waals surface area contributed by atoms with E-state index in [-0.39, 0.29) is 12.6 Å². The van der Waals surface area contributed by atoms with Gasteiger partial charge in [0.2, 0.25) is 0 Å². The van der Waals surface area contributed by atoms with Crippen LogP contribution in [0.3, 0.4) is 0 Å². The average molecular weight is 371 g/mol. The molecule has 27 heavy (non-hydrogen) atoms. The molecule has 3 rings (SSSR count). The molecule has 1 heterocycles. The lowest BCUT2D eigenvalue weighted by molar-refractivity contribution is -0.0172. The SMILES string of the molecule is CCNC(=NCc1ccc(C)cc1)NCCc1cc(F)cc2c1OCOC2. The third-order valence-electron chi connectivity index (χ3n) is 4.32. The van der Waals surface area contributed by atoms with Crippen molar-refractivity contribution in [2.45, 2.75) is 33.4 Å². The van der Waals surface area contributed by atoms with Gasteiger partial charge in [-0.1, -0.05) is 29.8 Å². The Labute approximate surface area is 159 Å². The van der Waals surface area contributed by atoms with Crippen LogP contribution in [0.4, 0.5) is 4.39 Å². The van der Waals surface area contributed by atoms with Gasteiger partial charge in [0.25, 0.3) is 0 Å². The third-order valence-corrected chi connectivity index (χ3v) is 4.32. The number of aliphatic imine (C=N–C) groups is 1. The molecule has 0 amide bonds. The van der Waals surface area contributed by atoms with Gasteiger partial charge in [-0.25, -0.2) is 9.38 Å². The lowest BCUT2D eigenvalue weighted by Crippen LogP contribution is -2.38. The van der Waals surface area contributed by atoms with E-state index in [4.69, 9.17) is 9.47 Å². The molecule has 5 nitrogen and oxygen atoms in total. The first-order valence-corrected chi connectivity index (χ1v) is 9.25. The highest BCUT2D eigenvalue weighted by Crippen LogP contribution is 2.29. The number of fused-ring (bicyclic) bond motifs is 1. The van der Waals surface area contributed by atoms with Crippen LogP contribution in [0.1, 0.15) is 29.2 Å². The number of benzene rings is 2. The maximum atomic E-state index is 13.8. The number of rotatable bonds is 6. The number of ether oxygens (including phenoxy) is 2. The van der Waals surface area contributed by atoms with Crippen LogP contribution in [0, 0.1) is 12.7 Å². The maximum Gasteiger partial charge on any atom is 0.191 e. The zero-order valence-corrected chi connectivity index (χ0v) is 15.8. The molecular weight excluding hydrogens is 345 g/mol. The fourth-order valence-electron chi connectivity index (χ4n) is 2.96. The summed E-state index contributed by atoms with van der Waals surface area (Å²) in [5, 5.41) is 6.54. The summed E-state index contributed by atoms with van der Waals surface area (Å²) in [5.41, 5.74) is 4.00. The number of aryl methyl sites for hydroxylation is 1. The minimum Gasteiger partial charge on any atom is -0.467 e. The van der Waals surface area contributed by atoms with Crippen LogP contribution in [0.5, 0.6) is 5.75 Å². The van der Waals surface area contributed by atoms with Crippen molar-refractivity contribution in [1.82, 2.24) is 10.6 Å². The number of nitrogens with one attached hydrogen (secondary N) is 2. The number of halogens is 1. The molecule has 0 radical (unpaired) electrons. The molecule has 0 aromatic heterocycles. The van der Waals surface area contributed by atoms with Crippen molar-refractivity contribution in [2.24, 2.45) is 4.99 Å². The number of hydrogen-bond donors (Lipinski definition) is 2. The normalized spacial score (nSPS) is 13.7. The van der Waals surface area contributed by atoms with Crippen molar-refractivity contribution in [3.05, 3.63) is 64.5 Å². The molecule has 6 heteroatoms. The highest BCUT2D eigenvalue weighted by molar-refractivity contribution is 5.79. The summed E-state index contributed by atoms with van der Waals surface area (Å²) in [6, 6.07) is 11.3. The van der Waals surface area contributed by atoms with Gasteiger partial charge < -0.3 is 20.1 Å². The van der Waals surface area contributed by atoms with E-state index >= 15 is 0 Å². The summed E-state index contributed by atoms with van der Waals surface area (Å²) in [6.07, 6.45) is 0.634. The number of guanidine groups is 1. The van der Waals surface area contributed by atoms with Crippen LogP contribution >= 0.6 is 0 Å². The molecule has 0 fully saturated rings. The van der Waals surface area contributed by atoms with Gasteiger partial charge in [-0.3, -0.25) is 0 Å². The van der Waals surface area contributed by atoms with Crippen LogP contribution in [0.2, 0.25) is 0 Å². The smallest absolute Gasteiger partial charge is 0.191 e. The Bertz CT molecular complexity index is 791. The molecule has 0 aliphatic carbocycles. The molecule has 2 aromatic carbocycles.